The van der Waals surface area contributed by atoms with E-state index in [1.54, 1.807) is 12.2 Å². The first-order chi connectivity index (χ1) is 6.68. The van der Waals surface area contributed by atoms with Crippen LogP contribution in [0.2, 0.25) is 0 Å². The van der Waals surface area contributed by atoms with Gasteiger partial charge in [-0.1, -0.05) is 40.2 Å². The lowest BCUT2D eigenvalue weighted by Crippen LogP contribution is -1.80. The fourth-order valence-electron chi connectivity index (χ4n) is 0.861. The van der Waals surface area contributed by atoms with E-state index in [1.807, 2.05) is 24.3 Å². The van der Waals surface area contributed by atoms with Crippen molar-refractivity contribution in [2.75, 3.05) is 0 Å². The molecule has 0 spiro atoms. The van der Waals surface area contributed by atoms with Gasteiger partial charge in [0.15, 0.2) is 0 Å². The smallest absolute Gasteiger partial charge is 0.234 e. The summed E-state index contributed by atoms with van der Waals surface area (Å²) in [4.78, 5) is 9.44. The van der Waals surface area contributed by atoms with Crippen LogP contribution in [0.5, 0.6) is 0 Å². The van der Waals surface area contributed by atoms with E-state index < -0.39 is 4.92 Å². The molecule has 14 heavy (non-hydrogen) atoms. The van der Waals surface area contributed by atoms with E-state index in [4.69, 9.17) is 0 Å². The minimum absolute atomic E-state index is 0.494. The third-order valence-electron chi connectivity index (χ3n) is 1.48. The maximum atomic E-state index is 9.93. The molecule has 0 fully saturated rings. The molecule has 0 saturated heterocycles. The Hall–Kier alpha value is -1.42. The van der Waals surface area contributed by atoms with Crippen LogP contribution in [0, 0.1) is 10.1 Å². The van der Waals surface area contributed by atoms with Crippen molar-refractivity contribution in [1.29, 1.82) is 0 Å². The second kappa shape index (κ2) is 5.34. The van der Waals surface area contributed by atoms with Crippen LogP contribution < -0.4 is 0 Å². The van der Waals surface area contributed by atoms with Gasteiger partial charge in [-0.3, -0.25) is 10.1 Å². The van der Waals surface area contributed by atoms with E-state index in [1.165, 1.54) is 6.08 Å². The van der Waals surface area contributed by atoms with Gasteiger partial charge in [0.25, 0.3) is 0 Å². The number of halogens is 1. The normalized spacial score (nSPS) is 11.2. The molecule has 0 aliphatic rings. The van der Waals surface area contributed by atoms with Crippen LogP contribution in [0.1, 0.15) is 5.56 Å². The van der Waals surface area contributed by atoms with Gasteiger partial charge in [-0.25, -0.2) is 0 Å². The van der Waals surface area contributed by atoms with Crippen molar-refractivity contribution in [3.63, 3.8) is 0 Å². The van der Waals surface area contributed by atoms with Crippen LogP contribution in [0.4, 0.5) is 0 Å². The average molecular weight is 254 g/mol. The maximum Gasteiger partial charge on any atom is 0.234 e. The summed E-state index contributed by atoms with van der Waals surface area (Å²) in [5, 5.41) is 9.93. The predicted molar refractivity (Wildman–Crippen MR) is 59.3 cm³/mol. The molecule has 0 atom stereocenters. The summed E-state index contributed by atoms with van der Waals surface area (Å²) in [6.07, 6.45) is 5.72. The first kappa shape index (κ1) is 10.7. The zero-order valence-corrected chi connectivity index (χ0v) is 8.85. The van der Waals surface area contributed by atoms with Crippen molar-refractivity contribution in [3.05, 3.63) is 62.8 Å². The Labute approximate surface area is 90.0 Å². The Morgan fingerprint density at radius 3 is 2.43 bits per heavy atom. The molecule has 0 aliphatic carbocycles. The summed E-state index contributed by atoms with van der Waals surface area (Å²) in [5.74, 6) is 0. The van der Waals surface area contributed by atoms with Crippen molar-refractivity contribution in [3.8, 4) is 0 Å². The first-order valence-corrected chi connectivity index (χ1v) is 4.72. The van der Waals surface area contributed by atoms with Crippen LogP contribution in [-0.2, 0) is 0 Å². The van der Waals surface area contributed by atoms with Gasteiger partial charge in [0.05, 0.1) is 4.92 Å². The Morgan fingerprint density at radius 2 is 1.86 bits per heavy atom. The van der Waals surface area contributed by atoms with Crippen LogP contribution in [0.15, 0.2) is 47.1 Å². The molecule has 0 unspecified atom stereocenters. The molecule has 1 aromatic rings. The minimum Gasteiger partial charge on any atom is -0.259 e. The molecule has 0 amide bonds. The van der Waals surface area contributed by atoms with Gasteiger partial charge in [-0.2, -0.15) is 0 Å². The number of benzene rings is 1. The van der Waals surface area contributed by atoms with Crippen LogP contribution in [-0.4, -0.2) is 4.92 Å². The number of nitrogens with zero attached hydrogens (tertiary/aromatic N) is 1. The van der Waals surface area contributed by atoms with Crippen LogP contribution in [0.25, 0.3) is 6.08 Å². The molecule has 4 heteroatoms. The summed E-state index contributed by atoms with van der Waals surface area (Å²) in [6, 6.07) is 7.66. The number of rotatable bonds is 3. The monoisotopic (exact) mass is 253 g/mol. The summed E-state index contributed by atoms with van der Waals surface area (Å²) in [7, 11) is 0. The van der Waals surface area contributed by atoms with E-state index in [9.17, 15) is 10.1 Å². The highest BCUT2D eigenvalue weighted by Crippen LogP contribution is 2.11. The van der Waals surface area contributed by atoms with Crippen molar-refractivity contribution in [2.24, 2.45) is 0 Å². The Balaban J connectivity index is 2.60. The highest BCUT2D eigenvalue weighted by molar-refractivity contribution is 9.10. The summed E-state index contributed by atoms with van der Waals surface area (Å²) < 4.78 is 1.01. The second-order valence-corrected chi connectivity index (χ2v) is 3.45. The molecule has 72 valence electrons. The quantitative estimate of drug-likeness (QED) is 0.472. The molecule has 0 bridgehead atoms. The van der Waals surface area contributed by atoms with Gasteiger partial charge in [0.1, 0.15) is 0 Å². The van der Waals surface area contributed by atoms with Crippen LogP contribution in [0.3, 0.4) is 0 Å². The van der Waals surface area contributed by atoms with Gasteiger partial charge >= 0.3 is 0 Å². The molecule has 3 nitrogen and oxygen atoms in total. The number of nitro groups is 1. The lowest BCUT2D eigenvalue weighted by molar-refractivity contribution is -0.402. The van der Waals surface area contributed by atoms with Crippen LogP contribution >= 0.6 is 15.9 Å². The first-order valence-electron chi connectivity index (χ1n) is 3.92. The molecule has 0 radical (unpaired) electrons. The third kappa shape index (κ3) is 4.00. The van der Waals surface area contributed by atoms with Crippen molar-refractivity contribution in [1.82, 2.24) is 0 Å². The van der Waals surface area contributed by atoms with Gasteiger partial charge in [-0.05, 0) is 17.7 Å². The van der Waals surface area contributed by atoms with E-state index >= 15 is 0 Å². The Morgan fingerprint density at radius 1 is 1.21 bits per heavy atom. The van der Waals surface area contributed by atoms with Crippen molar-refractivity contribution >= 4 is 22.0 Å². The highest BCUT2D eigenvalue weighted by atomic mass is 79.9. The van der Waals surface area contributed by atoms with Crippen molar-refractivity contribution in [2.45, 2.75) is 0 Å². The topological polar surface area (TPSA) is 43.1 Å². The lowest BCUT2D eigenvalue weighted by atomic mass is 10.2. The average Bonchev–Trinajstić information content (AvgIpc) is 2.15. The van der Waals surface area contributed by atoms with E-state index in [0.29, 0.717) is 0 Å². The third-order valence-corrected chi connectivity index (χ3v) is 2.01. The zero-order chi connectivity index (χ0) is 10.4. The molecular formula is C10H8BrNO2. The molecule has 0 heterocycles. The lowest BCUT2D eigenvalue weighted by Gasteiger charge is -1.91. The number of hydrogen-bond donors (Lipinski definition) is 0. The largest absolute Gasteiger partial charge is 0.259 e. The fraction of sp³-hybridized carbons (Fsp3) is 0. The van der Waals surface area contributed by atoms with Gasteiger partial charge in [-0.15, -0.1) is 0 Å². The standard InChI is InChI=1S/C10H8BrNO2/c11-10-6-4-9(5-7-10)3-1-2-8-12(13)14/h1-8H/b3-1+,8-2+. The summed E-state index contributed by atoms with van der Waals surface area (Å²) in [5.41, 5.74) is 1.00. The molecule has 0 aromatic heterocycles. The minimum atomic E-state index is -0.494. The predicted octanol–water partition coefficient (Wildman–Crippen LogP) is 3.25. The summed E-state index contributed by atoms with van der Waals surface area (Å²) in [6.45, 7) is 0. The molecule has 0 aliphatic heterocycles. The van der Waals surface area contributed by atoms with Gasteiger partial charge < -0.3 is 0 Å². The molecule has 1 aromatic carbocycles. The SMILES string of the molecule is O=[N+]([O-])/C=C/C=C/c1ccc(Br)cc1. The van der Waals surface area contributed by atoms with Gasteiger partial charge in [0.2, 0.25) is 6.20 Å². The Bertz CT molecular complexity index is 368. The Kier molecular flexibility index (Phi) is 4.07. The molecule has 0 saturated carbocycles. The molecule has 1 rings (SSSR count). The fourth-order valence-corrected chi connectivity index (χ4v) is 1.12. The second-order valence-electron chi connectivity index (χ2n) is 2.54. The van der Waals surface area contributed by atoms with E-state index in [2.05, 4.69) is 15.9 Å². The van der Waals surface area contributed by atoms with E-state index in [-0.39, 0.29) is 0 Å². The van der Waals surface area contributed by atoms with E-state index in [0.717, 1.165) is 16.2 Å². The number of hydrogen-bond acceptors (Lipinski definition) is 2. The number of allylic oxidation sites excluding steroid dienone is 2. The van der Waals surface area contributed by atoms with Crippen molar-refractivity contribution < 1.29 is 4.92 Å². The summed E-state index contributed by atoms with van der Waals surface area (Å²) >= 11 is 3.32. The maximum absolute atomic E-state index is 9.93. The highest BCUT2D eigenvalue weighted by Gasteiger charge is 1.86. The zero-order valence-electron chi connectivity index (χ0n) is 7.26. The van der Waals surface area contributed by atoms with Gasteiger partial charge in [0, 0.05) is 10.5 Å². The molecule has 0 N–H and O–H groups in total. The molecular weight excluding hydrogens is 246 g/mol.